The van der Waals surface area contributed by atoms with E-state index in [1.165, 1.54) is 11.1 Å². The molecule has 110 valence electrons. The lowest BCUT2D eigenvalue weighted by molar-refractivity contribution is -0.697. The van der Waals surface area contributed by atoms with E-state index >= 15 is 0 Å². The summed E-state index contributed by atoms with van der Waals surface area (Å²) >= 11 is 0. The molecule has 3 N–H and O–H groups in total. The minimum Gasteiger partial charge on any atom is -0.339 e. The van der Waals surface area contributed by atoms with Crippen molar-refractivity contribution in [1.82, 2.24) is 4.72 Å². The molecule has 5 heteroatoms. The third kappa shape index (κ3) is 3.15. The van der Waals surface area contributed by atoms with Gasteiger partial charge in [0.1, 0.15) is 6.04 Å². The molecule has 0 unspecified atom stereocenters. The van der Waals surface area contributed by atoms with Gasteiger partial charge < -0.3 is 5.32 Å². The predicted octanol–water partition coefficient (Wildman–Crippen LogP) is 0.826. The predicted molar refractivity (Wildman–Crippen MR) is 81.3 cm³/mol. The summed E-state index contributed by atoms with van der Waals surface area (Å²) in [7, 11) is -3.43. The smallest absolute Gasteiger partial charge is 0.240 e. The fourth-order valence-corrected chi connectivity index (χ4v) is 3.85. The third-order valence-electron chi connectivity index (χ3n) is 3.87. The molecule has 0 saturated carbocycles. The standard InChI is InChI=1S/C16H18N2O2S/c19-21(20,14-7-2-1-3-8-14)18-12-16-15-9-5-4-6-13(15)10-11-17-16/h1-9,16-18H,10-12H2/p+1/t16-/m1/s1. The zero-order valence-electron chi connectivity index (χ0n) is 11.7. The van der Waals surface area contributed by atoms with Gasteiger partial charge >= 0.3 is 0 Å². The summed E-state index contributed by atoms with van der Waals surface area (Å²) in [5.41, 5.74) is 2.56. The van der Waals surface area contributed by atoms with Crippen molar-refractivity contribution in [3.05, 3.63) is 65.7 Å². The van der Waals surface area contributed by atoms with Crippen LogP contribution in [0.3, 0.4) is 0 Å². The third-order valence-corrected chi connectivity index (χ3v) is 5.31. The molecule has 0 bridgehead atoms. The van der Waals surface area contributed by atoms with Crippen LogP contribution in [0.1, 0.15) is 17.2 Å². The lowest BCUT2D eigenvalue weighted by atomic mass is 9.95. The summed E-state index contributed by atoms with van der Waals surface area (Å²) in [4.78, 5) is 0.314. The Morgan fingerprint density at radius 1 is 1.05 bits per heavy atom. The maximum atomic E-state index is 12.3. The molecule has 2 aromatic carbocycles. The summed E-state index contributed by atoms with van der Waals surface area (Å²) in [6.07, 6.45) is 1.04. The van der Waals surface area contributed by atoms with Crippen molar-refractivity contribution >= 4 is 10.0 Å². The molecule has 21 heavy (non-hydrogen) atoms. The minimum atomic E-state index is -3.43. The van der Waals surface area contributed by atoms with Gasteiger partial charge in [0, 0.05) is 12.0 Å². The van der Waals surface area contributed by atoms with E-state index in [-0.39, 0.29) is 6.04 Å². The van der Waals surface area contributed by atoms with Crippen molar-refractivity contribution in [2.45, 2.75) is 17.4 Å². The van der Waals surface area contributed by atoms with Gasteiger partial charge in [-0.15, -0.1) is 0 Å². The molecule has 0 saturated heterocycles. The van der Waals surface area contributed by atoms with Crippen molar-refractivity contribution in [1.29, 1.82) is 0 Å². The second-order valence-electron chi connectivity index (χ2n) is 5.24. The van der Waals surface area contributed by atoms with Crippen LogP contribution in [0, 0.1) is 0 Å². The van der Waals surface area contributed by atoms with Crippen molar-refractivity contribution in [3.63, 3.8) is 0 Å². The van der Waals surface area contributed by atoms with Gasteiger partial charge in [-0.05, 0) is 17.7 Å². The number of quaternary nitrogens is 1. The lowest BCUT2D eigenvalue weighted by Crippen LogP contribution is -2.88. The van der Waals surface area contributed by atoms with Crippen LogP contribution in [0.5, 0.6) is 0 Å². The Hall–Kier alpha value is -1.69. The second kappa shape index (κ2) is 5.97. The van der Waals surface area contributed by atoms with Gasteiger partial charge in [-0.3, -0.25) is 0 Å². The largest absolute Gasteiger partial charge is 0.339 e. The first-order chi connectivity index (χ1) is 10.2. The minimum absolute atomic E-state index is 0.147. The Morgan fingerprint density at radius 3 is 2.57 bits per heavy atom. The quantitative estimate of drug-likeness (QED) is 0.878. The van der Waals surface area contributed by atoms with Crippen LogP contribution >= 0.6 is 0 Å². The Balaban J connectivity index is 1.75. The van der Waals surface area contributed by atoms with Crippen LogP contribution in [0.25, 0.3) is 0 Å². The van der Waals surface area contributed by atoms with Crippen LogP contribution in [-0.4, -0.2) is 21.5 Å². The SMILES string of the molecule is O=S(=O)(NC[C@H]1[NH2+]CCc2ccccc21)c1ccccc1. The van der Waals surface area contributed by atoms with E-state index < -0.39 is 10.0 Å². The van der Waals surface area contributed by atoms with E-state index in [4.69, 9.17) is 0 Å². The Labute approximate surface area is 125 Å². The normalized spacial score (nSPS) is 18.2. The molecular weight excluding hydrogens is 284 g/mol. The number of benzene rings is 2. The molecule has 0 radical (unpaired) electrons. The molecule has 1 aliphatic heterocycles. The van der Waals surface area contributed by atoms with E-state index in [2.05, 4.69) is 22.2 Å². The van der Waals surface area contributed by atoms with E-state index in [1.54, 1.807) is 24.3 Å². The van der Waals surface area contributed by atoms with E-state index in [9.17, 15) is 8.42 Å². The first-order valence-corrected chi connectivity index (χ1v) is 8.61. The maximum Gasteiger partial charge on any atom is 0.240 e. The average molecular weight is 303 g/mol. The molecular formula is C16H19N2O2S+. The highest BCUT2D eigenvalue weighted by atomic mass is 32.2. The number of hydrogen-bond acceptors (Lipinski definition) is 2. The van der Waals surface area contributed by atoms with Crippen molar-refractivity contribution in [3.8, 4) is 0 Å². The molecule has 0 aliphatic carbocycles. The fourth-order valence-electron chi connectivity index (χ4n) is 2.77. The monoisotopic (exact) mass is 303 g/mol. The molecule has 3 rings (SSSR count). The number of nitrogens with two attached hydrogens (primary N) is 1. The van der Waals surface area contributed by atoms with Gasteiger partial charge in [-0.25, -0.2) is 13.1 Å². The Kier molecular flexibility index (Phi) is 4.05. The van der Waals surface area contributed by atoms with Crippen molar-refractivity contribution < 1.29 is 13.7 Å². The van der Waals surface area contributed by atoms with Gasteiger partial charge in [0.05, 0.1) is 18.0 Å². The topological polar surface area (TPSA) is 62.8 Å². The maximum absolute atomic E-state index is 12.3. The number of sulfonamides is 1. The molecule has 0 aromatic heterocycles. The van der Waals surface area contributed by atoms with Crippen LogP contribution < -0.4 is 10.0 Å². The van der Waals surface area contributed by atoms with E-state index in [1.807, 2.05) is 18.2 Å². The number of nitrogens with one attached hydrogen (secondary N) is 1. The van der Waals surface area contributed by atoms with Gasteiger partial charge in [0.15, 0.2) is 0 Å². The highest BCUT2D eigenvalue weighted by molar-refractivity contribution is 7.89. The number of hydrogen-bond donors (Lipinski definition) is 2. The van der Waals surface area contributed by atoms with Crippen molar-refractivity contribution in [2.75, 3.05) is 13.1 Å². The number of fused-ring (bicyclic) bond motifs is 1. The molecule has 2 aromatic rings. The second-order valence-corrected chi connectivity index (χ2v) is 7.01. The molecule has 0 amide bonds. The van der Waals surface area contributed by atoms with Gasteiger partial charge in [-0.1, -0.05) is 42.5 Å². The first-order valence-electron chi connectivity index (χ1n) is 7.13. The molecule has 0 fully saturated rings. The highest BCUT2D eigenvalue weighted by Crippen LogP contribution is 2.18. The van der Waals surface area contributed by atoms with E-state index in [0.717, 1.165) is 13.0 Å². The molecule has 1 aliphatic rings. The van der Waals surface area contributed by atoms with Crippen LogP contribution in [0.2, 0.25) is 0 Å². The summed E-state index contributed by atoms with van der Waals surface area (Å²) < 4.78 is 27.3. The Morgan fingerprint density at radius 2 is 1.76 bits per heavy atom. The molecule has 0 spiro atoms. The van der Waals surface area contributed by atoms with Crippen molar-refractivity contribution in [2.24, 2.45) is 0 Å². The fraction of sp³-hybridized carbons (Fsp3) is 0.250. The van der Waals surface area contributed by atoms with Crippen LogP contribution in [-0.2, 0) is 16.4 Å². The molecule has 1 atom stereocenters. The first kappa shape index (κ1) is 14.3. The van der Waals surface area contributed by atoms with Gasteiger partial charge in [0.2, 0.25) is 10.0 Å². The average Bonchev–Trinajstić information content (AvgIpc) is 2.54. The lowest BCUT2D eigenvalue weighted by Gasteiger charge is -2.24. The summed E-state index contributed by atoms with van der Waals surface area (Å²) in [5, 5.41) is 2.20. The van der Waals surface area contributed by atoms with Crippen LogP contribution in [0.15, 0.2) is 59.5 Å². The summed E-state index contributed by atoms with van der Waals surface area (Å²) in [6.45, 7) is 1.41. The molecule has 4 nitrogen and oxygen atoms in total. The van der Waals surface area contributed by atoms with Gasteiger partial charge in [0.25, 0.3) is 0 Å². The zero-order chi connectivity index (χ0) is 14.7. The van der Waals surface area contributed by atoms with Gasteiger partial charge in [-0.2, -0.15) is 0 Å². The van der Waals surface area contributed by atoms with Crippen LogP contribution in [0.4, 0.5) is 0 Å². The number of rotatable bonds is 4. The molecule has 1 heterocycles. The highest BCUT2D eigenvalue weighted by Gasteiger charge is 2.24. The summed E-state index contributed by atoms with van der Waals surface area (Å²) in [6, 6.07) is 16.9. The zero-order valence-corrected chi connectivity index (χ0v) is 12.5. The Bertz CT molecular complexity index is 714. The van der Waals surface area contributed by atoms with E-state index in [0.29, 0.717) is 11.4 Å². The summed E-state index contributed by atoms with van der Waals surface area (Å²) in [5.74, 6) is 0.